The average Bonchev–Trinajstić information content (AvgIpc) is 2.48. The number of piperazine rings is 1. The zero-order valence-electron chi connectivity index (χ0n) is 11.7. The quantitative estimate of drug-likeness (QED) is 0.844. The first-order chi connectivity index (χ1) is 9.60. The lowest BCUT2D eigenvalue weighted by Crippen LogP contribution is -2.48. The van der Waals surface area contributed by atoms with Crippen molar-refractivity contribution in [3.8, 4) is 0 Å². The van der Waals surface area contributed by atoms with Crippen molar-refractivity contribution in [3.05, 3.63) is 35.4 Å². The first kappa shape index (κ1) is 14.9. The summed E-state index contributed by atoms with van der Waals surface area (Å²) < 4.78 is 25.9. The van der Waals surface area contributed by atoms with Crippen LogP contribution in [0.1, 0.15) is 18.9 Å². The predicted molar refractivity (Wildman–Crippen MR) is 73.4 cm³/mol. The zero-order valence-corrected chi connectivity index (χ0v) is 11.7. The molecule has 1 fully saturated rings. The van der Waals surface area contributed by atoms with Crippen LogP contribution in [0.25, 0.3) is 0 Å². The van der Waals surface area contributed by atoms with Gasteiger partial charge in [-0.25, -0.2) is 8.78 Å². The van der Waals surface area contributed by atoms with Crippen LogP contribution in [-0.4, -0.2) is 48.4 Å². The van der Waals surface area contributed by atoms with E-state index >= 15 is 0 Å². The van der Waals surface area contributed by atoms with Crippen molar-refractivity contribution in [1.29, 1.82) is 0 Å². The number of rotatable bonds is 4. The van der Waals surface area contributed by atoms with E-state index < -0.39 is 11.6 Å². The highest BCUT2D eigenvalue weighted by atomic mass is 19.2. The molecule has 1 aromatic rings. The van der Waals surface area contributed by atoms with Crippen LogP contribution in [0.4, 0.5) is 8.78 Å². The summed E-state index contributed by atoms with van der Waals surface area (Å²) in [6.07, 6.45) is 0.793. The van der Waals surface area contributed by atoms with Gasteiger partial charge in [-0.3, -0.25) is 4.79 Å². The minimum Gasteiger partial charge on any atom is -0.340 e. The number of carbonyl (C=O) groups excluding carboxylic acids is 1. The van der Waals surface area contributed by atoms with Gasteiger partial charge in [0.15, 0.2) is 11.6 Å². The summed E-state index contributed by atoms with van der Waals surface area (Å²) in [4.78, 5) is 16.2. The van der Waals surface area contributed by atoms with Gasteiger partial charge in [-0.15, -0.1) is 0 Å². The molecular weight excluding hydrogens is 262 g/mol. The lowest BCUT2D eigenvalue weighted by molar-refractivity contribution is -0.132. The van der Waals surface area contributed by atoms with Gasteiger partial charge in [-0.2, -0.15) is 0 Å². The normalized spacial score (nSPS) is 16.4. The molecule has 0 radical (unpaired) electrons. The summed E-state index contributed by atoms with van der Waals surface area (Å²) in [7, 11) is 0. The van der Waals surface area contributed by atoms with Gasteiger partial charge >= 0.3 is 0 Å². The fourth-order valence-corrected chi connectivity index (χ4v) is 2.42. The summed E-state index contributed by atoms with van der Waals surface area (Å²) in [5.74, 6) is -1.62. The maximum Gasteiger partial charge on any atom is 0.222 e. The number of halogens is 2. The standard InChI is InChI=1S/C15H20F2N2O/c1-2-18-7-9-19(10-8-18)15(20)6-4-12-3-5-13(16)14(17)11-12/h3,5,11H,2,4,6-10H2,1H3. The Balaban J connectivity index is 1.81. The van der Waals surface area contributed by atoms with Crippen LogP contribution in [0.3, 0.4) is 0 Å². The van der Waals surface area contributed by atoms with Crippen LogP contribution in [0, 0.1) is 11.6 Å². The fourth-order valence-electron chi connectivity index (χ4n) is 2.42. The van der Waals surface area contributed by atoms with E-state index in [0.717, 1.165) is 44.9 Å². The fraction of sp³-hybridized carbons (Fsp3) is 0.533. The first-order valence-corrected chi connectivity index (χ1v) is 7.04. The number of amides is 1. The Morgan fingerprint density at radius 2 is 1.85 bits per heavy atom. The van der Waals surface area contributed by atoms with Crippen molar-refractivity contribution in [2.75, 3.05) is 32.7 Å². The van der Waals surface area contributed by atoms with Gasteiger partial charge in [0.25, 0.3) is 0 Å². The van der Waals surface area contributed by atoms with E-state index in [1.54, 1.807) is 0 Å². The molecular formula is C15H20F2N2O. The molecule has 0 unspecified atom stereocenters. The molecule has 1 aliphatic heterocycles. The van der Waals surface area contributed by atoms with Crippen molar-refractivity contribution in [3.63, 3.8) is 0 Å². The minimum atomic E-state index is -0.855. The van der Waals surface area contributed by atoms with Gasteiger partial charge in [0.2, 0.25) is 5.91 Å². The maximum absolute atomic E-state index is 13.1. The largest absolute Gasteiger partial charge is 0.340 e. The van der Waals surface area contributed by atoms with Crippen molar-refractivity contribution in [2.45, 2.75) is 19.8 Å². The second kappa shape index (κ2) is 6.79. The maximum atomic E-state index is 13.1. The second-order valence-electron chi connectivity index (χ2n) is 5.06. The second-order valence-corrected chi connectivity index (χ2v) is 5.06. The van der Waals surface area contributed by atoms with Crippen LogP contribution in [0.5, 0.6) is 0 Å². The number of aryl methyl sites for hydroxylation is 1. The van der Waals surface area contributed by atoms with Gasteiger partial charge in [0.1, 0.15) is 0 Å². The molecule has 3 nitrogen and oxygen atoms in total. The van der Waals surface area contributed by atoms with Crippen LogP contribution >= 0.6 is 0 Å². The monoisotopic (exact) mass is 282 g/mol. The number of benzene rings is 1. The summed E-state index contributed by atoms with van der Waals surface area (Å²) in [6, 6.07) is 3.80. The van der Waals surface area contributed by atoms with Gasteiger partial charge in [-0.05, 0) is 30.7 Å². The highest BCUT2D eigenvalue weighted by molar-refractivity contribution is 5.76. The molecule has 0 saturated carbocycles. The van der Waals surface area contributed by atoms with E-state index in [4.69, 9.17) is 0 Å². The predicted octanol–water partition coefficient (Wildman–Crippen LogP) is 2.06. The molecule has 0 N–H and O–H groups in total. The lowest BCUT2D eigenvalue weighted by Gasteiger charge is -2.34. The van der Waals surface area contributed by atoms with Gasteiger partial charge < -0.3 is 9.80 Å². The van der Waals surface area contributed by atoms with Gasteiger partial charge in [0.05, 0.1) is 0 Å². The van der Waals surface area contributed by atoms with Crippen LogP contribution in [0.2, 0.25) is 0 Å². The van der Waals surface area contributed by atoms with Crippen molar-refractivity contribution in [2.24, 2.45) is 0 Å². The molecule has 1 aromatic carbocycles. The van der Waals surface area contributed by atoms with Crippen LogP contribution in [-0.2, 0) is 11.2 Å². The smallest absolute Gasteiger partial charge is 0.222 e. The van der Waals surface area contributed by atoms with Gasteiger partial charge in [0, 0.05) is 32.6 Å². The molecule has 20 heavy (non-hydrogen) atoms. The highest BCUT2D eigenvalue weighted by Crippen LogP contribution is 2.12. The zero-order chi connectivity index (χ0) is 14.5. The third-order valence-electron chi connectivity index (χ3n) is 3.78. The van der Waals surface area contributed by atoms with E-state index in [0.29, 0.717) is 18.4 Å². The Hall–Kier alpha value is -1.49. The molecule has 1 heterocycles. The molecule has 2 rings (SSSR count). The van der Waals surface area contributed by atoms with E-state index in [9.17, 15) is 13.6 Å². The van der Waals surface area contributed by atoms with Gasteiger partial charge in [-0.1, -0.05) is 13.0 Å². The first-order valence-electron chi connectivity index (χ1n) is 7.04. The van der Waals surface area contributed by atoms with E-state index in [1.165, 1.54) is 6.07 Å². The van der Waals surface area contributed by atoms with E-state index in [-0.39, 0.29) is 5.91 Å². The number of nitrogens with zero attached hydrogens (tertiary/aromatic N) is 2. The molecule has 0 atom stereocenters. The Morgan fingerprint density at radius 1 is 1.15 bits per heavy atom. The number of carbonyl (C=O) groups is 1. The minimum absolute atomic E-state index is 0.0884. The van der Waals surface area contributed by atoms with Crippen molar-refractivity contribution in [1.82, 2.24) is 9.80 Å². The number of hydrogen-bond donors (Lipinski definition) is 0. The Bertz CT molecular complexity index is 471. The number of likely N-dealkylation sites (N-methyl/N-ethyl adjacent to an activating group) is 1. The summed E-state index contributed by atoms with van der Waals surface area (Å²) in [6.45, 7) is 6.45. The van der Waals surface area contributed by atoms with E-state index in [1.807, 2.05) is 4.90 Å². The Morgan fingerprint density at radius 3 is 2.45 bits per heavy atom. The molecule has 0 bridgehead atoms. The molecule has 1 aliphatic rings. The Kier molecular flexibility index (Phi) is 5.06. The third kappa shape index (κ3) is 3.76. The van der Waals surface area contributed by atoms with Crippen molar-refractivity contribution >= 4 is 5.91 Å². The summed E-state index contributed by atoms with van der Waals surface area (Å²) >= 11 is 0. The summed E-state index contributed by atoms with van der Waals surface area (Å²) in [5, 5.41) is 0. The topological polar surface area (TPSA) is 23.6 Å². The molecule has 110 valence electrons. The molecule has 5 heteroatoms. The Labute approximate surface area is 118 Å². The number of hydrogen-bond acceptors (Lipinski definition) is 2. The van der Waals surface area contributed by atoms with Crippen molar-refractivity contribution < 1.29 is 13.6 Å². The SMILES string of the molecule is CCN1CCN(C(=O)CCc2ccc(F)c(F)c2)CC1. The molecule has 0 spiro atoms. The highest BCUT2D eigenvalue weighted by Gasteiger charge is 2.19. The molecule has 0 aromatic heterocycles. The van der Waals surface area contributed by atoms with E-state index in [2.05, 4.69) is 11.8 Å². The molecule has 1 saturated heterocycles. The van der Waals surface area contributed by atoms with Crippen LogP contribution in [0.15, 0.2) is 18.2 Å². The van der Waals surface area contributed by atoms with Crippen LogP contribution < -0.4 is 0 Å². The molecule has 0 aliphatic carbocycles. The molecule has 1 amide bonds. The lowest BCUT2D eigenvalue weighted by atomic mass is 10.1. The summed E-state index contributed by atoms with van der Waals surface area (Å²) in [5.41, 5.74) is 0.657. The third-order valence-corrected chi connectivity index (χ3v) is 3.78. The average molecular weight is 282 g/mol.